The van der Waals surface area contributed by atoms with Crippen LogP contribution in [0.5, 0.6) is 0 Å². The Morgan fingerprint density at radius 2 is 1.56 bits per heavy atom. The second-order valence-corrected chi connectivity index (χ2v) is 5.95. The summed E-state index contributed by atoms with van der Waals surface area (Å²) in [5.74, 6) is -3.93. The first kappa shape index (κ1) is 19.2. The van der Waals surface area contributed by atoms with Crippen LogP contribution in [0, 0.1) is 5.92 Å². The van der Waals surface area contributed by atoms with E-state index in [4.69, 9.17) is 10.2 Å². The fourth-order valence-corrected chi connectivity index (χ4v) is 2.64. The maximum atomic E-state index is 12.7. The molecule has 1 atom stereocenters. The van der Waals surface area contributed by atoms with Crippen molar-refractivity contribution < 1.29 is 30.8 Å². The molecule has 0 aliphatic rings. The number of rotatable bonds is 4. The molecule has 4 nitrogen and oxygen atoms in total. The van der Waals surface area contributed by atoms with Crippen LogP contribution in [0.1, 0.15) is 18.4 Å². The Morgan fingerprint density at radius 1 is 0.926 bits per heavy atom. The molecule has 0 aliphatic carbocycles. The lowest BCUT2D eigenvalue weighted by atomic mass is 9.99. The molecular weight excluding hydrogens is 376 g/mol. The minimum absolute atomic E-state index is 0.217. The molecule has 10 heteroatoms. The molecule has 0 bridgehead atoms. The van der Waals surface area contributed by atoms with Crippen LogP contribution < -0.4 is 5.73 Å². The summed E-state index contributed by atoms with van der Waals surface area (Å²) in [4.78, 5) is 7.87. The van der Waals surface area contributed by atoms with Crippen LogP contribution in [0.15, 0.2) is 47.1 Å². The van der Waals surface area contributed by atoms with Gasteiger partial charge in [-0.3, -0.25) is 4.98 Å². The Morgan fingerprint density at radius 3 is 2.15 bits per heavy atom. The monoisotopic (exact) mass is 389 g/mol. The third-order valence-electron chi connectivity index (χ3n) is 4.01. The topological polar surface area (TPSA) is 64.9 Å². The van der Waals surface area contributed by atoms with Gasteiger partial charge in [0.1, 0.15) is 5.52 Å². The summed E-state index contributed by atoms with van der Waals surface area (Å²) in [6.45, 7) is 0. The Balaban J connectivity index is 1.88. The molecule has 0 spiro atoms. The first-order valence-electron chi connectivity index (χ1n) is 7.75. The van der Waals surface area contributed by atoms with Crippen molar-refractivity contribution in [1.82, 2.24) is 9.97 Å². The fourth-order valence-electron chi connectivity index (χ4n) is 2.64. The second kappa shape index (κ2) is 6.84. The molecule has 144 valence electrons. The van der Waals surface area contributed by atoms with E-state index >= 15 is 0 Å². The number of alkyl halides is 6. The molecule has 0 saturated heterocycles. The van der Waals surface area contributed by atoms with Gasteiger partial charge in [-0.15, -0.1) is 0 Å². The number of benzene rings is 1. The van der Waals surface area contributed by atoms with Gasteiger partial charge in [0, 0.05) is 12.4 Å². The van der Waals surface area contributed by atoms with Crippen LogP contribution in [0.25, 0.3) is 22.2 Å². The number of halogens is 6. The van der Waals surface area contributed by atoms with Crippen molar-refractivity contribution in [3.8, 4) is 11.1 Å². The maximum absolute atomic E-state index is 12.7. The smallest absolute Gasteiger partial charge is 0.400 e. The maximum Gasteiger partial charge on any atom is 0.400 e. The zero-order chi connectivity index (χ0) is 19.8. The van der Waals surface area contributed by atoms with Crippen LogP contribution >= 0.6 is 0 Å². The minimum Gasteiger partial charge on any atom is -0.439 e. The van der Waals surface area contributed by atoms with E-state index in [2.05, 4.69) is 9.97 Å². The zero-order valence-corrected chi connectivity index (χ0v) is 13.6. The van der Waals surface area contributed by atoms with Gasteiger partial charge in [0.25, 0.3) is 0 Å². The van der Waals surface area contributed by atoms with Crippen molar-refractivity contribution in [2.75, 3.05) is 0 Å². The molecule has 3 rings (SSSR count). The summed E-state index contributed by atoms with van der Waals surface area (Å²) >= 11 is 0. The number of oxazole rings is 1. The van der Waals surface area contributed by atoms with Crippen LogP contribution in [0.3, 0.4) is 0 Å². The predicted molar refractivity (Wildman–Crippen MR) is 84.4 cm³/mol. The van der Waals surface area contributed by atoms with Gasteiger partial charge in [-0.2, -0.15) is 26.3 Å². The van der Waals surface area contributed by atoms with E-state index in [1.54, 1.807) is 36.7 Å². The lowest BCUT2D eigenvalue weighted by Gasteiger charge is -2.24. The fraction of sp³-hybridized carbons (Fsp3) is 0.294. The van der Waals surface area contributed by atoms with E-state index < -0.39 is 30.7 Å². The molecule has 2 aromatic heterocycles. The molecular formula is C17H13F6N3O. The largest absolute Gasteiger partial charge is 0.439 e. The normalized spacial score (nSPS) is 14.1. The molecule has 3 aromatic rings. The van der Waals surface area contributed by atoms with E-state index in [9.17, 15) is 26.3 Å². The molecule has 0 saturated carbocycles. The SMILES string of the molecule is NC(CC(C(F)(F)F)C(F)(F)F)c1nc2cc(-c3ccncc3)ccc2o1. The highest BCUT2D eigenvalue weighted by atomic mass is 19.4. The standard InChI is InChI=1S/C17H13F6N3O/c18-16(19,20)14(17(21,22)23)8-11(24)15-26-12-7-10(1-2-13(12)27-15)9-3-5-25-6-4-9/h1-7,11,14H,8,24H2. The van der Waals surface area contributed by atoms with Gasteiger partial charge in [0.2, 0.25) is 5.89 Å². The van der Waals surface area contributed by atoms with E-state index in [-0.39, 0.29) is 17.0 Å². The third-order valence-corrected chi connectivity index (χ3v) is 4.01. The summed E-state index contributed by atoms with van der Waals surface area (Å²) in [7, 11) is 0. The molecule has 2 N–H and O–H groups in total. The van der Waals surface area contributed by atoms with Crippen LogP contribution in [-0.4, -0.2) is 22.3 Å². The van der Waals surface area contributed by atoms with Crippen molar-refractivity contribution in [2.45, 2.75) is 24.8 Å². The van der Waals surface area contributed by atoms with E-state index in [0.717, 1.165) is 11.1 Å². The van der Waals surface area contributed by atoms with E-state index in [1.165, 1.54) is 6.07 Å². The number of nitrogens with two attached hydrogens (primary N) is 1. The number of pyridine rings is 1. The Bertz CT molecular complexity index is 906. The summed E-state index contributed by atoms with van der Waals surface area (Å²) < 4.78 is 81.5. The molecule has 0 aliphatic heterocycles. The van der Waals surface area contributed by atoms with E-state index in [0.29, 0.717) is 0 Å². The lowest BCUT2D eigenvalue weighted by Crippen LogP contribution is -2.38. The van der Waals surface area contributed by atoms with Gasteiger partial charge in [-0.1, -0.05) is 6.07 Å². The van der Waals surface area contributed by atoms with Gasteiger partial charge in [-0.05, 0) is 41.8 Å². The lowest BCUT2D eigenvalue weighted by molar-refractivity contribution is -0.286. The quantitative estimate of drug-likeness (QED) is 0.637. The Kier molecular flexibility index (Phi) is 4.85. The van der Waals surface area contributed by atoms with Gasteiger partial charge >= 0.3 is 12.4 Å². The molecule has 0 fully saturated rings. The van der Waals surface area contributed by atoms with Crippen molar-refractivity contribution >= 4 is 11.1 Å². The molecule has 1 aromatic carbocycles. The van der Waals surface area contributed by atoms with Gasteiger partial charge in [0.15, 0.2) is 11.5 Å². The second-order valence-electron chi connectivity index (χ2n) is 5.95. The first-order chi connectivity index (χ1) is 12.6. The average Bonchev–Trinajstić information content (AvgIpc) is 3.01. The molecule has 1 unspecified atom stereocenters. The number of hydrogen-bond donors (Lipinski definition) is 1. The van der Waals surface area contributed by atoms with Crippen molar-refractivity contribution in [2.24, 2.45) is 11.7 Å². The average molecular weight is 389 g/mol. The number of hydrogen-bond acceptors (Lipinski definition) is 4. The summed E-state index contributed by atoms with van der Waals surface area (Å²) in [6, 6.07) is 6.65. The van der Waals surface area contributed by atoms with Crippen LogP contribution in [0.2, 0.25) is 0 Å². The predicted octanol–water partition coefficient (Wildman–Crippen LogP) is 5.02. The molecule has 0 radical (unpaired) electrons. The summed E-state index contributed by atoms with van der Waals surface area (Å²) in [6.07, 6.45) is -9.17. The van der Waals surface area contributed by atoms with Gasteiger partial charge < -0.3 is 10.2 Å². The number of aromatic nitrogens is 2. The van der Waals surface area contributed by atoms with Gasteiger partial charge in [0.05, 0.1) is 6.04 Å². The van der Waals surface area contributed by atoms with Gasteiger partial charge in [-0.25, -0.2) is 4.98 Å². The Hall–Kier alpha value is -2.62. The van der Waals surface area contributed by atoms with Crippen LogP contribution in [0.4, 0.5) is 26.3 Å². The highest BCUT2D eigenvalue weighted by Gasteiger charge is 2.57. The highest BCUT2D eigenvalue weighted by molar-refractivity contribution is 5.80. The third kappa shape index (κ3) is 4.21. The van der Waals surface area contributed by atoms with Crippen molar-refractivity contribution in [1.29, 1.82) is 0 Å². The number of nitrogens with zero attached hydrogens (tertiary/aromatic N) is 2. The molecule has 27 heavy (non-hydrogen) atoms. The van der Waals surface area contributed by atoms with Crippen molar-refractivity contribution in [3.05, 3.63) is 48.6 Å². The minimum atomic E-state index is -5.46. The zero-order valence-electron chi connectivity index (χ0n) is 13.6. The number of fused-ring (bicyclic) bond motifs is 1. The summed E-state index contributed by atoms with van der Waals surface area (Å²) in [5.41, 5.74) is 7.59. The van der Waals surface area contributed by atoms with E-state index in [1.807, 2.05) is 0 Å². The highest BCUT2D eigenvalue weighted by Crippen LogP contribution is 2.43. The van der Waals surface area contributed by atoms with Crippen molar-refractivity contribution in [3.63, 3.8) is 0 Å². The first-order valence-corrected chi connectivity index (χ1v) is 7.75. The van der Waals surface area contributed by atoms with Crippen LogP contribution in [-0.2, 0) is 0 Å². The summed E-state index contributed by atoms with van der Waals surface area (Å²) in [5, 5.41) is 0. The molecule has 0 amide bonds. The Labute approximate surface area is 149 Å². The molecule has 2 heterocycles.